The second-order valence-electron chi connectivity index (χ2n) is 1.57. The number of hydrogen-bond donors (Lipinski definition) is 0. The van der Waals surface area contributed by atoms with Crippen LogP contribution in [-0.2, 0) is 14.3 Å². The van der Waals surface area contributed by atoms with Crippen molar-refractivity contribution >= 4 is 11.8 Å². The van der Waals surface area contributed by atoms with Crippen LogP contribution in [0.5, 0.6) is 0 Å². The fourth-order valence-electron chi connectivity index (χ4n) is 0.254. The molecule has 0 bridgehead atoms. The smallest absolute Gasteiger partial charge is 0.303 e. The molecular formula is C6H9O3. The third-order valence-electron chi connectivity index (χ3n) is 0.715. The fourth-order valence-corrected chi connectivity index (χ4v) is 0.254. The Morgan fingerprint density at radius 1 is 1.56 bits per heavy atom. The predicted molar refractivity (Wildman–Crippen MR) is 31.6 cm³/mol. The summed E-state index contributed by atoms with van der Waals surface area (Å²) in [7, 11) is 0. The van der Waals surface area contributed by atoms with Gasteiger partial charge in [0.05, 0.1) is 0 Å². The summed E-state index contributed by atoms with van der Waals surface area (Å²) >= 11 is 0. The zero-order valence-electron chi connectivity index (χ0n) is 5.35. The molecule has 0 saturated carbocycles. The van der Waals surface area contributed by atoms with Crippen LogP contribution >= 0.6 is 0 Å². The molecule has 0 aliphatic carbocycles. The number of esters is 1. The summed E-state index contributed by atoms with van der Waals surface area (Å²) in [5.74, 6) is -0.595. The molecule has 0 atom stereocenters. The molecule has 0 aromatic rings. The number of rotatable bonds is 3. The van der Waals surface area contributed by atoms with Crippen LogP contribution in [0.2, 0.25) is 0 Å². The minimum atomic E-state index is -0.434. The number of ether oxygens (including phenoxy) is 1. The molecule has 1 radical (unpaired) electrons. The van der Waals surface area contributed by atoms with Crippen molar-refractivity contribution in [3.8, 4) is 0 Å². The standard InChI is InChI=1S/C6H9O3/c1-3-6(8)4-9-5(2)7/h1,3-4H2,2H3. The Morgan fingerprint density at radius 3 is 2.44 bits per heavy atom. The molecule has 3 heteroatoms. The normalized spacial score (nSPS) is 8.67. The Bertz CT molecular complexity index is 117. The van der Waals surface area contributed by atoms with Gasteiger partial charge >= 0.3 is 5.97 Å². The lowest BCUT2D eigenvalue weighted by molar-refractivity contribution is -0.145. The average Bonchev–Trinajstić information content (AvgIpc) is 1.83. The zero-order valence-corrected chi connectivity index (χ0v) is 5.35. The molecule has 0 heterocycles. The van der Waals surface area contributed by atoms with E-state index in [1.807, 2.05) is 0 Å². The van der Waals surface area contributed by atoms with E-state index in [9.17, 15) is 9.59 Å². The van der Waals surface area contributed by atoms with Crippen molar-refractivity contribution in [2.45, 2.75) is 13.3 Å². The lowest BCUT2D eigenvalue weighted by Gasteiger charge is -1.96. The van der Waals surface area contributed by atoms with Crippen molar-refractivity contribution in [3.05, 3.63) is 6.92 Å². The molecule has 9 heavy (non-hydrogen) atoms. The molecule has 0 unspecified atom stereocenters. The van der Waals surface area contributed by atoms with E-state index < -0.39 is 5.97 Å². The maximum atomic E-state index is 10.4. The van der Waals surface area contributed by atoms with Crippen LogP contribution in [-0.4, -0.2) is 18.4 Å². The van der Waals surface area contributed by atoms with Crippen molar-refractivity contribution in [3.63, 3.8) is 0 Å². The van der Waals surface area contributed by atoms with Gasteiger partial charge in [-0.05, 0) is 6.92 Å². The maximum absolute atomic E-state index is 10.4. The summed E-state index contributed by atoms with van der Waals surface area (Å²) in [6, 6.07) is 0. The largest absolute Gasteiger partial charge is 0.458 e. The van der Waals surface area contributed by atoms with E-state index in [1.54, 1.807) is 0 Å². The van der Waals surface area contributed by atoms with Crippen molar-refractivity contribution in [2.24, 2.45) is 0 Å². The molecule has 0 saturated heterocycles. The first kappa shape index (κ1) is 8.14. The van der Waals surface area contributed by atoms with Crippen LogP contribution in [0.3, 0.4) is 0 Å². The van der Waals surface area contributed by atoms with Gasteiger partial charge in [0, 0.05) is 13.3 Å². The number of carbonyl (C=O) groups excluding carboxylic acids is 2. The summed E-state index contributed by atoms with van der Waals surface area (Å²) in [4.78, 5) is 20.4. The molecule has 0 N–H and O–H groups in total. The Balaban J connectivity index is 3.28. The Labute approximate surface area is 54.0 Å². The van der Waals surface area contributed by atoms with Crippen molar-refractivity contribution < 1.29 is 14.3 Å². The summed E-state index contributed by atoms with van der Waals surface area (Å²) in [5.41, 5.74) is 0. The SMILES string of the molecule is [CH2]CC(=O)COC(C)=O. The number of ketones is 1. The summed E-state index contributed by atoms with van der Waals surface area (Å²) in [6.45, 7) is 4.44. The maximum Gasteiger partial charge on any atom is 0.303 e. The molecule has 0 spiro atoms. The Morgan fingerprint density at radius 2 is 2.11 bits per heavy atom. The molecule has 3 nitrogen and oxygen atoms in total. The highest BCUT2D eigenvalue weighted by Crippen LogP contribution is 1.82. The molecule has 0 amide bonds. The van der Waals surface area contributed by atoms with Gasteiger partial charge in [-0.15, -0.1) is 0 Å². The monoisotopic (exact) mass is 129 g/mol. The first-order valence-electron chi connectivity index (χ1n) is 2.61. The van der Waals surface area contributed by atoms with Gasteiger partial charge < -0.3 is 4.74 Å². The van der Waals surface area contributed by atoms with E-state index in [0.29, 0.717) is 0 Å². The second kappa shape index (κ2) is 4.06. The zero-order chi connectivity index (χ0) is 7.28. The van der Waals surface area contributed by atoms with E-state index in [4.69, 9.17) is 0 Å². The second-order valence-corrected chi connectivity index (χ2v) is 1.57. The molecule has 0 rings (SSSR count). The van der Waals surface area contributed by atoms with Crippen LogP contribution in [0.25, 0.3) is 0 Å². The van der Waals surface area contributed by atoms with E-state index >= 15 is 0 Å². The number of hydrogen-bond acceptors (Lipinski definition) is 3. The fraction of sp³-hybridized carbons (Fsp3) is 0.500. The van der Waals surface area contributed by atoms with Crippen molar-refractivity contribution in [1.29, 1.82) is 0 Å². The highest BCUT2D eigenvalue weighted by atomic mass is 16.5. The molecule has 0 aliphatic heterocycles. The topological polar surface area (TPSA) is 43.4 Å². The van der Waals surface area contributed by atoms with Crippen molar-refractivity contribution in [2.75, 3.05) is 6.61 Å². The van der Waals surface area contributed by atoms with Gasteiger partial charge in [-0.25, -0.2) is 0 Å². The lowest BCUT2D eigenvalue weighted by Crippen LogP contribution is -2.09. The average molecular weight is 129 g/mol. The van der Waals surface area contributed by atoms with Gasteiger partial charge in [0.25, 0.3) is 0 Å². The third kappa shape index (κ3) is 5.00. The summed E-state index contributed by atoms with van der Waals surface area (Å²) in [6.07, 6.45) is 0.174. The first-order chi connectivity index (χ1) is 4.16. The minimum absolute atomic E-state index is 0.140. The van der Waals surface area contributed by atoms with Gasteiger partial charge in [0.2, 0.25) is 0 Å². The van der Waals surface area contributed by atoms with Gasteiger partial charge in [-0.1, -0.05) is 0 Å². The number of carbonyl (C=O) groups is 2. The van der Waals surface area contributed by atoms with E-state index in [-0.39, 0.29) is 18.8 Å². The minimum Gasteiger partial charge on any atom is -0.458 e. The quantitative estimate of drug-likeness (QED) is 0.516. The molecule has 0 aliphatic rings. The van der Waals surface area contributed by atoms with Crippen LogP contribution < -0.4 is 0 Å². The lowest BCUT2D eigenvalue weighted by atomic mass is 10.3. The number of Topliss-reactive ketones (excluding diaryl/α,β-unsaturated/α-hetero) is 1. The van der Waals surface area contributed by atoms with Crippen molar-refractivity contribution in [1.82, 2.24) is 0 Å². The van der Waals surface area contributed by atoms with Crippen LogP contribution in [0.1, 0.15) is 13.3 Å². The Hall–Kier alpha value is -0.860. The Kier molecular flexibility index (Phi) is 3.67. The molecular weight excluding hydrogens is 120 g/mol. The van der Waals surface area contributed by atoms with Gasteiger partial charge in [0.1, 0.15) is 6.61 Å². The van der Waals surface area contributed by atoms with Crippen LogP contribution in [0.4, 0.5) is 0 Å². The van der Waals surface area contributed by atoms with Gasteiger partial charge in [-0.3, -0.25) is 9.59 Å². The summed E-state index contributed by atoms with van der Waals surface area (Å²) in [5, 5.41) is 0. The summed E-state index contributed by atoms with van der Waals surface area (Å²) < 4.78 is 4.37. The highest BCUT2D eigenvalue weighted by molar-refractivity contribution is 5.82. The van der Waals surface area contributed by atoms with E-state index in [2.05, 4.69) is 11.7 Å². The van der Waals surface area contributed by atoms with E-state index in [1.165, 1.54) is 6.92 Å². The van der Waals surface area contributed by atoms with Crippen LogP contribution in [0.15, 0.2) is 0 Å². The molecule has 0 aromatic heterocycles. The van der Waals surface area contributed by atoms with E-state index in [0.717, 1.165) is 0 Å². The molecule has 0 fully saturated rings. The van der Waals surface area contributed by atoms with Crippen LogP contribution in [0, 0.1) is 6.92 Å². The van der Waals surface area contributed by atoms with Gasteiger partial charge in [-0.2, -0.15) is 0 Å². The molecule has 51 valence electrons. The predicted octanol–water partition coefficient (Wildman–Crippen LogP) is 0.343. The van der Waals surface area contributed by atoms with Gasteiger partial charge in [0.15, 0.2) is 5.78 Å². The third-order valence-corrected chi connectivity index (χ3v) is 0.715. The first-order valence-corrected chi connectivity index (χ1v) is 2.61. The molecule has 0 aromatic carbocycles. The highest BCUT2D eigenvalue weighted by Gasteiger charge is 1.98.